The van der Waals surface area contributed by atoms with Crippen LogP contribution in [0.3, 0.4) is 0 Å². The normalized spacial score (nSPS) is 17.0. The molecule has 0 aromatic carbocycles. The zero-order chi connectivity index (χ0) is 23.4. The number of hydrogen-bond acceptors (Lipinski definition) is 7. The van der Waals surface area contributed by atoms with Gasteiger partial charge < -0.3 is 23.9 Å². The maximum absolute atomic E-state index is 13.2. The lowest BCUT2D eigenvalue weighted by molar-refractivity contribution is 0.0387. The molecule has 2 aromatic heterocycles. The molecule has 1 N–H and O–H groups in total. The second-order valence-corrected chi connectivity index (χ2v) is 8.82. The summed E-state index contributed by atoms with van der Waals surface area (Å²) in [5.41, 5.74) is 2.17. The molecule has 10 nitrogen and oxygen atoms in total. The third-order valence-corrected chi connectivity index (χ3v) is 6.59. The number of H-pyrrole nitrogens is 1. The number of nitrogens with one attached hydrogen (secondary N) is 1. The monoisotopic (exact) mass is 458 g/mol. The minimum atomic E-state index is -0.436. The SMILES string of the molecule is COCCOC(=O)c1c(C)[nH]c(C(=O)N2CCN(Cc3nnc4n3CCCCC4)CC2)c1C. The van der Waals surface area contributed by atoms with Crippen LogP contribution in [0.4, 0.5) is 0 Å². The number of nitrogens with zero attached hydrogens (tertiary/aromatic N) is 5. The van der Waals surface area contributed by atoms with Crippen molar-refractivity contribution < 1.29 is 19.1 Å². The Morgan fingerprint density at radius 2 is 1.79 bits per heavy atom. The Hall–Kier alpha value is -2.72. The van der Waals surface area contributed by atoms with Crippen LogP contribution in [0, 0.1) is 13.8 Å². The molecule has 1 fully saturated rings. The van der Waals surface area contributed by atoms with E-state index >= 15 is 0 Å². The van der Waals surface area contributed by atoms with Gasteiger partial charge in [0, 0.05) is 51.9 Å². The second kappa shape index (κ2) is 10.5. The van der Waals surface area contributed by atoms with Crippen molar-refractivity contribution in [2.45, 2.75) is 52.6 Å². The Kier molecular flexibility index (Phi) is 7.44. The summed E-state index contributed by atoms with van der Waals surface area (Å²) in [4.78, 5) is 32.9. The van der Waals surface area contributed by atoms with Crippen molar-refractivity contribution >= 4 is 11.9 Å². The van der Waals surface area contributed by atoms with E-state index in [4.69, 9.17) is 9.47 Å². The van der Waals surface area contributed by atoms with Gasteiger partial charge in [0.25, 0.3) is 5.91 Å². The van der Waals surface area contributed by atoms with E-state index in [2.05, 4.69) is 24.6 Å². The van der Waals surface area contributed by atoms with E-state index in [-0.39, 0.29) is 12.5 Å². The Bertz CT molecular complexity index is 989. The first-order chi connectivity index (χ1) is 16.0. The number of aromatic amines is 1. The van der Waals surface area contributed by atoms with Gasteiger partial charge in [0.05, 0.1) is 18.7 Å². The number of rotatable bonds is 7. The molecule has 0 aliphatic carbocycles. The van der Waals surface area contributed by atoms with Gasteiger partial charge in [-0.2, -0.15) is 0 Å². The van der Waals surface area contributed by atoms with Gasteiger partial charge in [0.15, 0.2) is 0 Å². The minimum absolute atomic E-state index is 0.0810. The summed E-state index contributed by atoms with van der Waals surface area (Å²) in [6.45, 7) is 8.66. The topological polar surface area (TPSA) is 106 Å². The molecule has 4 rings (SSSR count). The van der Waals surface area contributed by atoms with E-state index in [0.717, 1.165) is 44.2 Å². The number of fused-ring (bicyclic) bond motifs is 1. The van der Waals surface area contributed by atoms with Crippen molar-refractivity contribution in [2.24, 2.45) is 0 Å². The summed E-state index contributed by atoms with van der Waals surface area (Å²) < 4.78 is 12.5. The van der Waals surface area contributed by atoms with Crippen molar-refractivity contribution in [2.75, 3.05) is 46.5 Å². The molecular formula is C23H34N6O4. The first-order valence-corrected chi connectivity index (χ1v) is 11.8. The Morgan fingerprint density at radius 1 is 1.00 bits per heavy atom. The number of esters is 1. The number of ether oxygens (including phenoxy) is 2. The highest BCUT2D eigenvalue weighted by atomic mass is 16.6. The summed E-state index contributed by atoms with van der Waals surface area (Å²) in [6.07, 6.45) is 4.61. The number of aryl methyl sites for hydroxylation is 2. The van der Waals surface area contributed by atoms with E-state index in [9.17, 15) is 9.59 Å². The third-order valence-electron chi connectivity index (χ3n) is 6.59. The fourth-order valence-corrected chi connectivity index (χ4v) is 4.69. The van der Waals surface area contributed by atoms with Crippen LogP contribution in [0.5, 0.6) is 0 Å². The van der Waals surface area contributed by atoms with E-state index < -0.39 is 5.97 Å². The molecule has 0 unspecified atom stereocenters. The summed E-state index contributed by atoms with van der Waals surface area (Å²) in [5, 5.41) is 8.83. The van der Waals surface area contributed by atoms with E-state index in [1.54, 1.807) is 21.0 Å². The molecule has 2 aliphatic heterocycles. The van der Waals surface area contributed by atoms with Gasteiger partial charge in [-0.05, 0) is 32.3 Å². The number of aromatic nitrogens is 4. The molecule has 2 aliphatic rings. The van der Waals surface area contributed by atoms with E-state index in [1.165, 1.54) is 19.3 Å². The molecule has 0 bridgehead atoms. The molecule has 2 aromatic rings. The van der Waals surface area contributed by atoms with Gasteiger partial charge in [-0.3, -0.25) is 9.69 Å². The lowest BCUT2D eigenvalue weighted by atomic mass is 10.1. The number of piperazine rings is 1. The van der Waals surface area contributed by atoms with Gasteiger partial charge >= 0.3 is 5.97 Å². The molecule has 33 heavy (non-hydrogen) atoms. The molecule has 180 valence electrons. The van der Waals surface area contributed by atoms with Crippen LogP contribution in [0.2, 0.25) is 0 Å². The predicted octanol–water partition coefficient (Wildman–Crippen LogP) is 1.71. The molecule has 4 heterocycles. The first kappa shape index (κ1) is 23.4. The zero-order valence-electron chi connectivity index (χ0n) is 19.9. The Labute approximate surface area is 194 Å². The van der Waals surface area contributed by atoms with Crippen molar-refractivity contribution in [3.63, 3.8) is 0 Å². The second-order valence-electron chi connectivity index (χ2n) is 8.82. The van der Waals surface area contributed by atoms with Gasteiger partial charge in [-0.1, -0.05) is 6.42 Å². The summed E-state index contributed by atoms with van der Waals surface area (Å²) in [7, 11) is 1.55. The van der Waals surface area contributed by atoms with Crippen LogP contribution in [-0.4, -0.2) is 87.9 Å². The highest BCUT2D eigenvalue weighted by molar-refractivity contribution is 6.00. The molecule has 0 spiro atoms. The molecule has 0 radical (unpaired) electrons. The highest BCUT2D eigenvalue weighted by Crippen LogP contribution is 2.22. The summed E-state index contributed by atoms with van der Waals surface area (Å²) in [6, 6.07) is 0. The standard InChI is InChI=1S/C23H34N6O4/c1-16-20(23(31)33-14-13-32-3)17(2)24-21(16)22(30)28-11-9-27(10-12-28)15-19-26-25-18-7-5-4-6-8-29(18)19/h24H,4-15H2,1-3H3. The average molecular weight is 459 g/mol. The maximum Gasteiger partial charge on any atom is 0.340 e. The average Bonchev–Trinajstić information content (AvgIpc) is 3.22. The summed E-state index contributed by atoms with van der Waals surface area (Å²) >= 11 is 0. The lowest BCUT2D eigenvalue weighted by Crippen LogP contribution is -2.48. The summed E-state index contributed by atoms with van der Waals surface area (Å²) in [5.74, 6) is 1.61. The quantitative estimate of drug-likeness (QED) is 0.497. The fraction of sp³-hybridized carbons (Fsp3) is 0.652. The molecule has 0 atom stereocenters. The number of hydrogen-bond donors (Lipinski definition) is 1. The lowest BCUT2D eigenvalue weighted by Gasteiger charge is -2.34. The van der Waals surface area contributed by atoms with Crippen LogP contribution in [0.1, 0.15) is 63.0 Å². The van der Waals surface area contributed by atoms with Crippen molar-refractivity contribution in [1.29, 1.82) is 0 Å². The largest absolute Gasteiger partial charge is 0.460 e. The van der Waals surface area contributed by atoms with Crippen LogP contribution in [0.15, 0.2) is 0 Å². The molecule has 0 saturated carbocycles. The van der Waals surface area contributed by atoms with Gasteiger partial charge in [-0.15, -0.1) is 10.2 Å². The molecular weight excluding hydrogens is 424 g/mol. The van der Waals surface area contributed by atoms with Crippen molar-refractivity contribution in [3.05, 3.63) is 34.2 Å². The first-order valence-electron chi connectivity index (χ1n) is 11.8. The maximum atomic E-state index is 13.2. The van der Waals surface area contributed by atoms with Gasteiger partial charge in [-0.25, -0.2) is 4.79 Å². The smallest absolute Gasteiger partial charge is 0.340 e. The van der Waals surface area contributed by atoms with Crippen LogP contribution >= 0.6 is 0 Å². The minimum Gasteiger partial charge on any atom is -0.460 e. The van der Waals surface area contributed by atoms with E-state index in [0.29, 0.717) is 42.2 Å². The van der Waals surface area contributed by atoms with Gasteiger partial charge in [0.1, 0.15) is 23.9 Å². The van der Waals surface area contributed by atoms with Crippen LogP contribution < -0.4 is 0 Å². The van der Waals surface area contributed by atoms with Gasteiger partial charge in [0.2, 0.25) is 0 Å². The van der Waals surface area contributed by atoms with E-state index in [1.807, 2.05) is 4.90 Å². The third kappa shape index (κ3) is 5.11. The molecule has 10 heteroatoms. The number of carbonyl (C=O) groups excluding carboxylic acids is 2. The zero-order valence-corrected chi connectivity index (χ0v) is 19.9. The van der Waals surface area contributed by atoms with Crippen LogP contribution in [0.25, 0.3) is 0 Å². The fourth-order valence-electron chi connectivity index (χ4n) is 4.69. The number of carbonyl (C=O) groups is 2. The molecule has 1 saturated heterocycles. The highest BCUT2D eigenvalue weighted by Gasteiger charge is 2.29. The number of methoxy groups -OCH3 is 1. The molecule has 1 amide bonds. The number of amides is 1. The van der Waals surface area contributed by atoms with Crippen LogP contribution in [-0.2, 0) is 29.0 Å². The van der Waals surface area contributed by atoms with Crippen molar-refractivity contribution in [3.8, 4) is 0 Å². The van der Waals surface area contributed by atoms with Crippen molar-refractivity contribution in [1.82, 2.24) is 29.5 Å². The Morgan fingerprint density at radius 3 is 2.55 bits per heavy atom. The predicted molar refractivity (Wildman–Crippen MR) is 121 cm³/mol. The Balaban J connectivity index is 1.36.